The molecule has 0 N–H and O–H groups in total. The van der Waals surface area contributed by atoms with Crippen molar-refractivity contribution in [1.29, 1.82) is 0 Å². The zero-order valence-corrected chi connectivity index (χ0v) is 12.3. The van der Waals surface area contributed by atoms with E-state index >= 15 is 0 Å². The van der Waals surface area contributed by atoms with Crippen molar-refractivity contribution in [3.8, 4) is 11.6 Å². The standard InChI is InChI=1S/C13H8BrFN2OS/c1-7-4-9-12(16-6-17-13(9)19-7)18-11-3-2-8(14)5-10(11)15/h2-6H,1H3. The normalized spacial score (nSPS) is 10.9. The summed E-state index contributed by atoms with van der Waals surface area (Å²) in [4.78, 5) is 10.2. The number of ether oxygens (including phenoxy) is 1. The van der Waals surface area contributed by atoms with E-state index in [9.17, 15) is 4.39 Å². The van der Waals surface area contributed by atoms with Crippen LogP contribution in [0.5, 0.6) is 11.6 Å². The summed E-state index contributed by atoms with van der Waals surface area (Å²) in [6.45, 7) is 1.98. The first kappa shape index (κ1) is 12.5. The predicted octanol–water partition coefficient (Wildman–Crippen LogP) is 4.69. The summed E-state index contributed by atoms with van der Waals surface area (Å²) in [7, 11) is 0. The smallest absolute Gasteiger partial charge is 0.231 e. The predicted molar refractivity (Wildman–Crippen MR) is 76.3 cm³/mol. The van der Waals surface area contributed by atoms with Gasteiger partial charge in [-0.1, -0.05) is 15.9 Å². The second-order valence-corrected chi connectivity index (χ2v) is 6.08. The van der Waals surface area contributed by atoms with Gasteiger partial charge < -0.3 is 4.74 Å². The molecule has 2 heterocycles. The lowest BCUT2D eigenvalue weighted by Crippen LogP contribution is -1.92. The molecular weight excluding hydrogens is 331 g/mol. The molecule has 0 saturated heterocycles. The van der Waals surface area contributed by atoms with Crippen LogP contribution in [0.25, 0.3) is 10.2 Å². The van der Waals surface area contributed by atoms with Crippen LogP contribution in [0.4, 0.5) is 4.39 Å². The summed E-state index contributed by atoms with van der Waals surface area (Å²) in [6, 6.07) is 6.57. The Kier molecular flexibility index (Phi) is 3.20. The molecule has 2 aromatic heterocycles. The summed E-state index contributed by atoms with van der Waals surface area (Å²) in [5.41, 5.74) is 0. The van der Waals surface area contributed by atoms with E-state index in [0.29, 0.717) is 10.4 Å². The molecule has 0 unspecified atom stereocenters. The molecule has 1 aromatic carbocycles. The fraction of sp³-hybridized carbons (Fsp3) is 0.0769. The third-order valence-corrected chi connectivity index (χ3v) is 3.97. The summed E-state index contributed by atoms with van der Waals surface area (Å²) in [5.74, 6) is 0.0794. The van der Waals surface area contributed by atoms with Gasteiger partial charge in [0, 0.05) is 9.35 Å². The van der Waals surface area contributed by atoms with Gasteiger partial charge in [0.15, 0.2) is 11.6 Å². The van der Waals surface area contributed by atoms with Crippen LogP contribution < -0.4 is 4.74 Å². The number of aromatic nitrogens is 2. The van der Waals surface area contributed by atoms with Crippen molar-refractivity contribution in [2.45, 2.75) is 6.92 Å². The lowest BCUT2D eigenvalue weighted by molar-refractivity contribution is 0.431. The van der Waals surface area contributed by atoms with Gasteiger partial charge in [-0.2, -0.15) is 0 Å². The number of aryl methyl sites for hydroxylation is 1. The molecule has 6 heteroatoms. The minimum atomic E-state index is -0.437. The largest absolute Gasteiger partial charge is 0.435 e. The van der Waals surface area contributed by atoms with Crippen LogP contribution >= 0.6 is 27.3 Å². The van der Waals surface area contributed by atoms with Crippen molar-refractivity contribution < 1.29 is 9.13 Å². The van der Waals surface area contributed by atoms with Crippen LogP contribution in [-0.4, -0.2) is 9.97 Å². The maximum absolute atomic E-state index is 13.7. The van der Waals surface area contributed by atoms with Gasteiger partial charge in [-0.3, -0.25) is 0 Å². The molecule has 19 heavy (non-hydrogen) atoms. The molecule has 0 aliphatic carbocycles. The van der Waals surface area contributed by atoms with Crippen LogP contribution in [0.1, 0.15) is 4.88 Å². The summed E-state index contributed by atoms with van der Waals surface area (Å²) < 4.78 is 20.0. The third-order valence-electron chi connectivity index (χ3n) is 2.52. The van der Waals surface area contributed by atoms with Crippen LogP contribution in [0, 0.1) is 12.7 Å². The lowest BCUT2D eigenvalue weighted by atomic mass is 10.3. The Bertz CT molecular complexity index is 759. The second-order valence-electron chi connectivity index (χ2n) is 3.93. The monoisotopic (exact) mass is 338 g/mol. The van der Waals surface area contributed by atoms with Gasteiger partial charge in [0.25, 0.3) is 0 Å². The number of thiophene rings is 1. The molecule has 96 valence electrons. The highest BCUT2D eigenvalue weighted by Crippen LogP contribution is 2.33. The number of rotatable bonds is 2. The molecule has 0 aliphatic rings. The molecule has 0 bridgehead atoms. The van der Waals surface area contributed by atoms with E-state index in [2.05, 4.69) is 25.9 Å². The van der Waals surface area contributed by atoms with Crippen LogP contribution in [0.3, 0.4) is 0 Å². The third kappa shape index (κ3) is 2.46. The van der Waals surface area contributed by atoms with E-state index in [4.69, 9.17) is 4.74 Å². The molecular formula is C13H8BrFN2OS. The van der Waals surface area contributed by atoms with Crippen molar-refractivity contribution in [1.82, 2.24) is 9.97 Å². The maximum Gasteiger partial charge on any atom is 0.231 e. The second kappa shape index (κ2) is 4.86. The number of benzene rings is 1. The zero-order valence-electron chi connectivity index (χ0n) is 9.85. The number of hydrogen-bond acceptors (Lipinski definition) is 4. The van der Waals surface area contributed by atoms with Gasteiger partial charge in [-0.05, 0) is 31.2 Å². The Morgan fingerprint density at radius 1 is 1.26 bits per heavy atom. The van der Waals surface area contributed by atoms with Crippen molar-refractivity contribution in [3.05, 3.63) is 45.8 Å². The SMILES string of the molecule is Cc1cc2c(Oc3ccc(Br)cc3F)ncnc2s1. The molecule has 3 nitrogen and oxygen atoms in total. The quantitative estimate of drug-likeness (QED) is 0.679. The van der Waals surface area contributed by atoms with Crippen LogP contribution in [0.15, 0.2) is 35.1 Å². The van der Waals surface area contributed by atoms with Crippen LogP contribution in [0.2, 0.25) is 0 Å². The van der Waals surface area contributed by atoms with E-state index in [-0.39, 0.29) is 5.75 Å². The topological polar surface area (TPSA) is 35.0 Å². The summed E-state index contributed by atoms with van der Waals surface area (Å²) in [6.07, 6.45) is 1.42. The Morgan fingerprint density at radius 3 is 2.89 bits per heavy atom. The maximum atomic E-state index is 13.7. The van der Waals surface area contributed by atoms with Crippen molar-refractivity contribution in [2.24, 2.45) is 0 Å². The van der Waals surface area contributed by atoms with Gasteiger partial charge in [-0.15, -0.1) is 11.3 Å². The van der Waals surface area contributed by atoms with Crippen LogP contribution in [-0.2, 0) is 0 Å². The highest BCUT2D eigenvalue weighted by molar-refractivity contribution is 9.10. The van der Waals surface area contributed by atoms with E-state index in [0.717, 1.165) is 15.1 Å². The minimum absolute atomic E-state index is 0.145. The van der Waals surface area contributed by atoms with Gasteiger partial charge in [0.2, 0.25) is 5.88 Å². The zero-order chi connectivity index (χ0) is 13.4. The lowest BCUT2D eigenvalue weighted by Gasteiger charge is -2.06. The Labute approximate surface area is 121 Å². The Hall–Kier alpha value is -1.53. The number of nitrogens with zero attached hydrogens (tertiary/aromatic N) is 2. The highest BCUT2D eigenvalue weighted by atomic mass is 79.9. The van der Waals surface area contributed by atoms with Crippen molar-refractivity contribution >= 4 is 37.5 Å². The van der Waals surface area contributed by atoms with E-state index in [1.807, 2.05) is 13.0 Å². The van der Waals surface area contributed by atoms with Crippen molar-refractivity contribution in [2.75, 3.05) is 0 Å². The minimum Gasteiger partial charge on any atom is -0.435 e. The van der Waals surface area contributed by atoms with Gasteiger partial charge in [-0.25, -0.2) is 14.4 Å². The van der Waals surface area contributed by atoms with E-state index < -0.39 is 5.82 Å². The molecule has 0 spiro atoms. The molecule has 0 atom stereocenters. The van der Waals surface area contributed by atoms with E-state index in [1.54, 1.807) is 23.5 Å². The first-order valence-electron chi connectivity index (χ1n) is 5.47. The highest BCUT2D eigenvalue weighted by Gasteiger charge is 2.11. The van der Waals surface area contributed by atoms with Gasteiger partial charge >= 0.3 is 0 Å². The van der Waals surface area contributed by atoms with E-state index in [1.165, 1.54) is 12.4 Å². The molecule has 0 amide bonds. The fourth-order valence-corrected chi connectivity index (χ4v) is 2.87. The van der Waals surface area contributed by atoms with Crippen molar-refractivity contribution in [3.63, 3.8) is 0 Å². The average Bonchev–Trinajstić information content (AvgIpc) is 2.74. The summed E-state index contributed by atoms with van der Waals surface area (Å²) in [5, 5.41) is 0.798. The number of halogens is 2. The summed E-state index contributed by atoms with van der Waals surface area (Å²) >= 11 is 4.76. The Balaban J connectivity index is 2.05. The molecule has 0 saturated carbocycles. The molecule has 3 rings (SSSR count). The molecule has 3 aromatic rings. The molecule has 0 fully saturated rings. The first-order chi connectivity index (χ1) is 9.13. The fourth-order valence-electron chi connectivity index (χ4n) is 1.70. The number of fused-ring (bicyclic) bond motifs is 1. The Morgan fingerprint density at radius 2 is 2.11 bits per heavy atom. The van der Waals surface area contributed by atoms with Gasteiger partial charge in [0.05, 0.1) is 5.39 Å². The van der Waals surface area contributed by atoms with Gasteiger partial charge in [0.1, 0.15) is 11.2 Å². The molecule has 0 aliphatic heterocycles. The number of hydrogen-bond donors (Lipinski definition) is 0. The first-order valence-corrected chi connectivity index (χ1v) is 7.08. The average molecular weight is 339 g/mol. The molecule has 0 radical (unpaired) electrons.